The number of fused-ring (bicyclic) bond motifs is 1. The van der Waals surface area contributed by atoms with Gasteiger partial charge in [-0.3, -0.25) is 0 Å². The van der Waals surface area contributed by atoms with Crippen molar-refractivity contribution in [3.05, 3.63) is 12.7 Å². The molecular formula is C9H12O3. The number of hydrogen-bond donors (Lipinski definition) is 0. The highest BCUT2D eigenvalue weighted by molar-refractivity contribution is 5.19. The highest BCUT2D eigenvalue weighted by Gasteiger charge is 2.90. The fourth-order valence-electron chi connectivity index (χ4n) is 1.80. The Labute approximate surface area is 71.3 Å². The summed E-state index contributed by atoms with van der Waals surface area (Å²) in [5.74, 6) is -0.440. The summed E-state index contributed by atoms with van der Waals surface area (Å²) in [6.07, 6.45) is 5.13. The van der Waals surface area contributed by atoms with Crippen molar-refractivity contribution in [3.63, 3.8) is 0 Å². The molecule has 0 radical (unpaired) electrons. The molecule has 0 aliphatic carbocycles. The second-order valence-electron chi connectivity index (χ2n) is 3.70. The number of rotatable bonds is 5. The molecular weight excluding hydrogens is 156 g/mol. The first-order valence-electron chi connectivity index (χ1n) is 4.43. The zero-order valence-corrected chi connectivity index (χ0v) is 6.91. The molecule has 12 heavy (non-hydrogen) atoms. The quantitative estimate of drug-likeness (QED) is 0.457. The zero-order chi connectivity index (χ0) is 8.23. The Morgan fingerprint density at radius 1 is 1.42 bits per heavy atom. The molecule has 3 saturated heterocycles. The molecule has 3 rings (SSSR count). The highest BCUT2D eigenvalue weighted by atomic mass is 17.0. The summed E-state index contributed by atoms with van der Waals surface area (Å²) in [6, 6.07) is 0. The smallest absolute Gasteiger partial charge is 0.232 e. The van der Waals surface area contributed by atoms with Gasteiger partial charge in [0, 0.05) is 12.8 Å². The van der Waals surface area contributed by atoms with Crippen LogP contribution in [0.3, 0.4) is 0 Å². The minimum Gasteiger partial charge on any atom is -0.373 e. The first-order valence-corrected chi connectivity index (χ1v) is 4.43. The Balaban J connectivity index is 1.53. The predicted molar refractivity (Wildman–Crippen MR) is 41.4 cm³/mol. The average Bonchev–Trinajstić information content (AvgIpc) is 2.85. The van der Waals surface area contributed by atoms with Crippen LogP contribution >= 0.6 is 0 Å². The van der Waals surface area contributed by atoms with Crippen molar-refractivity contribution in [2.75, 3.05) is 6.61 Å². The van der Waals surface area contributed by atoms with Gasteiger partial charge in [-0.25, -0.2) is 0 Å². The van der Waals surface area contributed by atoms with Crippen molar-refractivity contribution in [2.45, 2.75) is 36.9 Å². The molecule has 0 aromatic carbocycles. The van der Waals surface area contributed by atoms with Gasteiger partial charge in [-0.15, -0.1) is 6.58 Å². The second kappa shape index (κ2) is 1.92. The van der Waals surface area contributed by atoms with Crippen molar-refractivity contribution in [2.24, 2.45) is 0 Å². The van der Waals surface area contributed by atoms with E-state index in [9.17, 15) is 0 Å². The molecule has 1 unspecified atom stereocenters. The van der Waals surface area contributed by atoms with Crippen LogP contribution in [0, 0.1) is 0 Å². The van der Waals surface area contributed by atoms with Gasteiger partial charge in [-0.05, 0) is 6.42 Å². The maximum absolute atomic E-state index is 5.48. The lowest BCUT2D eigenvalue weighted by Gasteiger charge is -1.97. The maximum Gasteiger partial charge on any atom is 0.232 e. The Morgan fingerprint density at radius 2 is 2.17 bits per heavy atom. The number of hydrogen-bond acceptors (Lipinski definition) is 3. The minimum absolute atomic E-state index is 0.215. The first kappa shape index (κ1) is 7.06. The van der Waals surface area contributed by atoms with E-state index in [0.29, 0.717) is 6.10 Å². The SMILES string of the molecule is C=CCCC12OC1(CC1CO1)O2. The Kier molecular flexibility index (Phi) is 1.13. The lowest BCUT2D eigenvalue weighted by atomic mass is 10.1. The van der Waals surface area contributed by atoms with Gasteiger partial charge in [0.05, 0.1) is 12.7 Å². The molecule has 0 saturated carbocycles. The van der Waals surface area contributed by atoms with Crippen LogP contribution in [0.4, 0.5) is 0 Å². The summed E-state index contributed by atoms with van der Waals surface area (Å²) in [5, 5.41) is 0. The Hall–Kier alpha value is -0.380. The molecule has 3 aliphatic rings. The topological polar surface area (TPSA) is 37.6 Å². The fraction of sp³-hybridized carbons (Fsp3) is 0.778. The predicted octanol–water partition coefficient (Wildman–Crippen LogP) is 1.19. The number of allylic oxidation sites excluding steroid dienone is 1. The molecule has 3 nitrogen and oxygen atoms in total. The van der Waals surface area contributed by atoms with E-state index in [1.165, 1.54) is 0 Å². The van der Waals surface area contributed by atoms with Gasteiger partial charge in [-0.1, -0.05) is 6.08 Å². The third-order valence-electron chi connectivity index (χ3n) is 2.73. The summed E-state index contributed by atoms with van der Waals surface area (Å²) in [7, 11) is 0. The molecule has 1 atom stereocenters. The molecule has 3 heteroatoms. The van der Waals surface area contributed by atoms with Crippen LogP contribution in [-0.4, -0.2) is 24.3 Å². The van der Waals surface area contributed by atoms with Crippen LogP contribution in [0.2, 0.25) is 0 Å². The standard InChI is InChI=1S/C9H12O3/c1-2-3-4-8-9(11-8,12-8)5-7-6-10-7/h2,7H,1,3-6H2. The highest BCUT2D eigenvalue weighted by Crippen LogP contribution is 2.72. The minimum atomic E-state index is -0.225. The number of epoxide rings is 3. The molecule has 0 aromatic heterocycles. The van der Waals surface area contributed by atoms with Crippen molar-refractivity contribution >= 4 is 0 Å². The second-order valence-corrected chi connectivity index (χ2v) is 3.70. The van der Waals surface area contributed by atoms with Crippen LogP contribution in [0.1, 0.15) is 19.3 Å². The maximum atomic E-state index is 5.48. The molecule has 3 heterocycles. The molecule has 3 fully saturated rings. The van der Waals surface area contributed by atoms with E-state index in [1.54, 1.807) is 0 Å². The Morgan fingerprint density at radius 3 is 2.75 bits per heavy atom. The molecule has 66 valence electrons. The summed E-state index contributed by atoms with van der Waals surface area (Å²) in [4.78, 5) is 0. The number of ether oxygens (including phenoxy) is 3. The summed E-state index contributed by atoms with van der Waals surface area (Å²) in [6.45, 7) is 4.55. The molecule has 0 aromatic rings. The van der Waals surface area contributed by atoms with E-state index < -0.39 is 0 Å². The lowest BCUT2D eigenvalue weighted by molar-refractivity contribution is -0.102. The molecule has 0 spiro atoms. The monoisotopic (exact) mass is 168 g/mol. The van der Waals surface area contributed by atoms with E-state index in [4.69, 9.17) is 14.2 Å². The van der Waals surface area contributed by atoms with Gasteiger partial charge in [0.25, 0.3) is 0 Å². The van der Waals surface area contributed by atoms with E-state index in [1.807, 2.05) is 6.08 Å². The summed E-state index contributed by atoms with van der Waals surface area (Å²) < 4.78 is 16.1. The van der Waals surface area contributed by atoms with Crippen molar-refractivity contribution in [3.8, 4) is 0 Å². The van der Waals surface area contributed by atoms with E-state index >= 15 is 0 Å². The molecule has 0 N–H and O–H groups in total. The average molecular weight is 168 g/mol. The van der Waals surface area contributed by atoms with Gasteiger partial charge in [-0.2, -0.15) is 0 Å². The van der Waals surface area contributed by atoms with Crippen molar-refractivity contribution in [1.82, 2.24) is 0 Å². The lowest BCUT2D eigenvalue weighted by Crippen LogP contribution is -2.02. The van der Waals surface area contributed by atoms with Crippen LogP contribution in [0.5, 0.6) is 0 Å². The zero-order valence-electron chi connectivity index (χ0n) is 6.91. The third-order valence-corrected chi connectivity index (χ3v) is 2.73. The molecule has 3 aliphatic heterocycles. The van der Waals surface area contributed by atoms with Gasteiger partial charge < -0.3 is 14.2 Å². The Bertz CT molecular complexity index is 226. The van der Waals surface area contributed by atoms with Crippen LogP contribution in [0.15, 0.2) is 12.7 Å². The van der Waals surface area contributed by atoms with E-state index in [2.05, 4.69) is 6.58 Å². The van der Waals surface area contributed by atoms with Crippen LogP contribution in [0.25, 0.3) is 0 Å². The first-order chi connectivity index (χ1) is 5.80. The largest absolute Gasteiger partial charge is 0.373 e. The summed E-state index contributed by atoms with van der Waals surface area (Å²) in [5.41, 5.74) is 0. The third kappa shape index (κ3) is 0.815. The van der Waals surface area contributed by atoms with Gasteiger partial charge in [0.1, 0.15) is 0 Å². The summed E-state index contributed by atoms with van der Waals surface area (Å²) >= 11 is 0. The normalized spacial score (nSPS) is 52.8. The molecule has 0 bridgehead atoms. The fourth-order valence-corrected chi connectivity index (χ4v) is 1.80. The van der Waals surface area contributed by atoms with Crippen LogP contribution in [-0.2, 0) is 14.2 Å². The van der Waals surface area contributed by atoms with Gasteiger partial charge >= 0.3 is 0 Å². The van der Waals surface area contributed by atoms with Gasteiger partial charge in [0.15, 0.2) is 0 Å². The van der Waals surface area contributed by atoms with E-state index in [-0.39, 0.29) is 11.6 Å². The van der Waals surface area contributed by atoms with Crippen LogP contribution < -0.4 is 0 Å². The molecule has 0 amide bonds. The van der Waals surface area contributed by atoms with Crippen molar-refractivity contribution in [1.29, 1.82) is 0 Å². The van der Waals surface area contributed by atoms with Gasteiger partial charge in [0.2, 0.25) is 11.6 Å². The van der Waals surface area contributed by atoms with Crippen molar-refractivity contribution < 1.29 is 14.2 Å². The van der Waals surface area contributed by atoms with E-state index in [0.717, 1.165) is 25.9 Å².